The SMILES string of the molecule is N#Cc1ccccc1-c1ccc(-c2ccccc2-n2c3ccccc3c3ccccc32)c(-n2c3ccccc3c3ccccc32)c1. The number of benzene rings is 7. The zero-order valence-corrected chi connectivity index (χ0v) is 24.9. The van der Waals surface area contributed by atoms with Gasteiger partial charge in [-0.3, -0.25) is 0 Å². The highest BCUT2D eigenvalue weighted by Gasteiger charge is 2.20. The largest absolute Gasteiger partial charge is 0.309 e. The Balaban J connectivity index is 1.40. The van der Waals surface area contributed by atoms with Gasteiger partial charge in [0, 0.05) is 32.7 Å². The third-order valence-corrected chi connectivity index (χ3v) is 9.19. The van der Waals surface area contributed by atoms with Crippen molar-refractivity contribution in [1.82, 2.24) is 9.13 Å². The molecule has 0 bridgehead atoms. The molecule has 46 heavy (non-hydrogen) atoms. The van der Waals surface area contributed by atoms with E-state index in [-0.39, 0.29) is 0 Å². The Morgan fingerprint density at radius 3 is 1.33 bits per heavy atom. The average molecular weight is 586 g/mol. The molecule has 0 aliphatic carbocycles. The fraction of sp³-hybridized carbons (Fsp3) is 0. The van der Waals surface area contributed by atoms with Crippen LogP contribution in [0.1, 0.15) is 5.56 Å². The Morgan fingerprint density at radius 2 is 0.783 bits per heavy atom. The van der Waals surface area contributed by atoms with Crippen LogP contribution in [0.15, 0.2) is 164 Å². The van der Waals surface area contributed by atoms with Gasteiger partial charge >= 0.3 is 0 Å². The van der Waals surface area contributed by atoms with Crippen LogP contribution >= 0.6 is 0 Å². The molecule has 0 spiro atoms. The molecule has 0 N–H and O–H groups in total. The van der Waals surface area contributed by atoms with Gasteiger partial charge in [-0.15, -0.1) is 0 Å². The maximum Gasteiger partial charge on any atom is 0.0998 e. The van der Waals surface area contributed by atoms with Crippen molar-refractivity contribution in [3.8, 4) is 39.7 Å². The lowest BCUT2D eigenvalue weighted by Crippen LogP contribution is -2.02. The van der Waals surface area contributed by atoms with Crippen molar-refractivity contribution in [3.63, 3.8) is 0 Å². The Kier molecular flexibility index (Phi) is 5.88. The molecule has 7 aromatic carbocycles. The first-order valence-corrected chi connectivity index (χ1v) is 15.5. The number of hydrogen-bond donors (Lipinski definition) is 0. The first-order valence-electron chi connectivity index (χ1n) is 15.5. The predicted molar refractivity (Wildman–Crippen MR) is 191 cm³/mol. The minimum absolute atomic E-state index is 0.661. The van der Waals surface area contributed by atoms with Gasteiger partial charge in [0.2, 0.25) is 0 Å². The summed E-state index contributed by atoms with van der Waals surface area (Å²) in [5.74, 6) is 0. The molecule has 9 rings (SSSR count). The van der Waals surface area contributed by atoms with Gasteiger partial charge in [0.25, 0.3) is 0 Å². The third kappa shape index (κ3) is 3.84. The maximum atomic E-state index is 10.0. The van der Waals surface area contributed by atoms with E-state index in [0.717, 1.165) is 44.7 Å². The van der Waals surface area contributed by atoms with E-state index in [1.54, 1.807) is 0 Å². The van der Waals surface area contributed by atoms with Crippen LogP contribution in [-0.4, -0.2) is 9.13 Å². The average Bonchev–Trinajstić information content (AvgIpc) is 3.64. The molecule has 2 aromatic heterocycles. The number of nitrogens with zero attached hydrogens (tertiary/aromatic N) is 3. The lowest BCUT2D eigenvalue weighted by molar-refractivity contribution is 1.16. The van der Waals surface area contributed by atoms with Crippen molar-refractivity contribution in [1.29, 1.82) is 5.26 Å². The molecule has 0 radical (unpaired) electrons. The number of aromatic nitrogens is 2. The van der Waals surface area contributed by atoms with Crippen molar-refractivity contribution in [2.45, 2.75) is 0 Å². The topological polar surface area (TPSA) is 33.6 Å². The van der Waals surface area contributed by atoms with E-state index >= 15 is 0 Å². The highest BCUT2D eigenvalue weighted by molar-refractivity contribution is 6.11. The summed E-state index contributed by atoms with van der Waals surface area (Å²) in [5, 5.41) is 14.9. The van der Waals surface area contributed by atoms with E-state index in [4.69, 9.17) is 0 Å². The lowest BCUT2D eigenvalue weighted by Gasteiger charge is -2.20. The molecule has 3 nitrogen and oxygen atoms in total. The highest BCUT2D eigenvalue weighted by atomic mass is 15.0. The summed E-state index contributed by atoms with van der Waals surface area (Å²) in [6, 6.07) is 60.2. The molecule has 3 heteroatoms. The van der Waals surface area contributed by atoms with E-state index in [2.05, 4.69) is 155 Å². The summed E-state index contributed by atoms with van der Waals surface area (Å²) >= 11 is 0. The van der Waals surface area contributed by atoms with Gasteiger partial charge in [-0.1, -0.05) is 121 Å². The van der Waals surface area contributed by atoms with Gasteiger partial charge in [0.05, 0.1) is 45.1 Å². The van der Waals surface area contributed by atoms with E-state index in [1.807, 2.05) is 24.3 Å². The number of fused-ring (bicyclic) bond motifs is 6. The predicted octanol–water partition coefficient (Wildman–Crippen LogP) is 11.1. The quantitative estimate of drug-likeness (QED) is 0.202. The number of rotatable bonds is 4. The van der Waals surface area contributed by atoms with Gasteiger partial charge in [-0.05, 0) is 53.6 Å². The summed E-state index contributed by atoms with van der Waals surface area (Å²) in [7, 11) is 0. The second-order valence-electron chi connectivity index (χ2n) is 11.6. The summed E-state index contributed by atoms with van der Waals surface area (Å²) in [6.45, 7) is 0. The normalized spacial score (nSPS) is 11.5. The minimum Gasteiger partial charge on any atom is -0.309 e. The first kappa shape index (κ1) is 26.1. The van der Waals surface area contributed by atoms with Crippen molar-refractivity contribution in [2.75, 3.05) is 0 Å². The van der Waals surface area contributed by atoms with Gasteiger partial charge in [-0.2, -0.15) is 5.26 Å². The Hall–Kier alpha value is -6.37. The molecule has 214 valence electrons. The summed E-state index contributed by atoms with van der Waals surface area (Å²) in [6.07, 6.45) is 0. The summed E-state index contributed by atoms with van der Waals surface area (Å²) in [5.41, 5.74) is 11.7. The van der Waals surface area contributed by atoms with Crippen LogP contribution < -0.4 is 0 Å². The zero-order valence-electron chi connectivity index (χ0n) is 24.9. The summed E-state index contributed by atoms with van der Waals surface area (Å²) in [4.78, 5) is 0. The molecule has 0 aliphatic rings. The zero-order chi connectivity index (χ0) is 30.6. The van der Waals surface area contributed by atoms with Crippen LogP contribution in [-0.2, 0) is 0 Å². The highest BCUT2D eigenvalue weighted by Crippen LogP contribution is 2.42. The van der Waals surface area contributed by atoms with Gasteiger partial charge in [0.1, 0.15) is 0 Å². The molecule has 0 saturated heterocycles. The van der Waals surface area contributed by atoms with Crippen LogP contribution in [0.4, 0.5) is 0 Å². The maximum absolute atomic E-state index is 10.0. The lowest BCUT2D eigenvalue weighted by atomic mass is 9.94. The molecule has 2 heterocycles. The first-order chi connectivity index (χ1) is 22.8. The van der Waals surface area contributed by atoms with E-state index in [9.17, 15) is 5.26 Å². The fourth-order valence-corrected chi connectivity index (χ4v) is 7.20. The Bertz CT molecular complexity index is 2560. The fourth-order valence-electron chi connectivity index (χ4n) is 7.20. The van der Waals surface area contributed by atoms with E-state index < -0.39 is 0 Å². The second kappa shape index (κ2) is 10.4. The van der Waals surface area contributed by atoms with Crippen LogP contribution in [0.5, 0.6) is 0 Å². The molecular formula is C43H27N3. The van der Waals surface area contributed by atoms with Crippen molar-refractivity contribution >= 4 is 43.6 Å². The molecule has 9 aromatic rings. The Labute approximate surface area is 266 Å². The van der Waals surface area contributed by atoms with Crippen molar-refractivity contribution in [3.05, 3.63) is 169 Å². The standard InChI is InChI=1S/C43H27N3/c44-28-30-13-1-2-14-31(30)29-25-26-37(43(27-29)46-41-23-11-5-17-34(41)35-18-6-12-24-42(35)46)36-19-7-10-22-40(36)45-38-20-8-3-15-32(38)33-16-4-9-21-39(33)45/h1-27H. The van der Waals surface area contributed by atoms with Gasteiger partial charge in [0.15, 0.2) is 0 Å². The molecule has 0 aliphatic heterocycles. The van der Waals surface area contributed by atoms with Crippen LogP contribution in [0.25, 0.3) is 77.2 Å². The minimum atomic E-state index is 0.661. The van der Waals surface area contributed by atoms with Gasteiger partial charge < -0.3 is 9.13 Å². The van der Waals surface area contributed by atoms with E-state index in [1.165, 1.54) is 32.6 Å². The molecule has 0 amide bonds. The van der Waals surface area contributed by atoms with Gasteiger partial charge in [-0.25, -0.2) is 0 Å². The van der Waals surface area contributed by atoms with Crippen LogP contribution in [0.2, 0.25) is 0 Å². The van der Waals surface area contributed by atoms with Crippen LogP contribution in [0, 0.1) is 11.3 Å². The van der Waals surface area contributed by atoms with Crippen molar-refractivity contribution in [2.24, 2.45) is 0 Å². The smallest absolute Gasteiger partial charge is 0.0998 e. The second-order valence-corrected chi connectivity index (χ2v) is 11.6. The summed E-state index contributed by atoms with van der Waals surface area (Å²) < 4.78 is 4.79. The molecule has 0 atom stereocenters. The number of nitriles is 1. The molecule has 0 fully saturated rings. The number of hydrogen-bond acceptors (Lipinski definition) is 1. The Morgan fingerprint density at radius 1 is 0.370 bits per heavy atom. The van der Waals surface area contributed by atoms with Crippen LogP contribution in [0.3, 0.4) is 0 Å². The monoisotopic (exact) mass is 585 g/mol. The van der Waals surface area contributed by atoms with Crippen molar-refractivity contribution < 1.29 is 0 Å². The molecular weight excluding hydrogens is 558 g/mol. The molecule has 0 saturated carbocycles. The van der Waals surface area contributed by atoms with E-state index in [0.29, 0.717) is 5.56 Å². The third-order valence-electron chi connectivity index (χ3n) is 9.19. The molecule has 0 unspecified atom stereocenters. The number of para-hydroxylation sites is 5.